The summed E-state index contributed by atoms with van der Waals surface area (Å²) in [5, 5.41) is 7.00. The highest BCUT2D eigenvalue weighted by Crippen LogP contribution is 2.39. The van der Waals surface area contributed by atoms with E-state index in [-0.39, 0.29) is 0 Å². The molecule has 0 amide bonds. The first-order valence-electron chi connectivity index (χ1n) is 6.36. The summed E-state index contributed by atoms with van der Waals surface area (Å²) >= 11 is 3.78. The van der Waals surface area contributed by atoms with Gasteiger partial charge < -0.3 is 5.32 Å². The molecule has 1 unspecified atom stereocenters. The van der Waals surface area contributed by atoms with Crippen LogP contribution in [-0.2, 0) is 0 Å². The maximum atomic E-state index is 4.55. The fourth-order valence-corrected chi connectivity index (χ4v) is 4.13. The first-order valence-corrected chi connectivity index (χ1v) is 8.46. The van der Waals surface area contributed by atoms with Crippen molar-refractivity contribution in [2.24, 2.45) is 0 Å². The lowest BCUT2D eigenvalue weighted by molar-refractivity contribution is 0.482. The molecule has 1 N–H and O–H groups in total. The minimum Gasteiger partial charge on any atom is -0.307 e. The van der Waals surface area contributed by atoms with Crippen LogP contribution in [0.1, 0.15) is 49.4 Å². The van der Waals surface area contributed by atoms with Gasteiger partial charge in [0.25, 0.3) is 0 Å². The van der Waals surface area contributed by atoms with Gasteiger partial charge >= 0.3 is 0 Å². The second-order valence-corrected chi connectivity index (χ2v) is 7.32. The number of nitrogens with zero attached hydrogens (tertiary/aromatic N) is 1. The lowest BCUT2D eigenvalue weighted by Crippen LogP contribution is -2.36. The zero-order chi connectivity index (χ0) is 12.3. The number of aromatic nitrogens is 1. The van der Waals surface area contributed by atoms with Crippen LogP contribution in [0.4, 0.5) is 0 Å². The van der Waals surface area contributed by atoms with Crippen molar-refractivity contribution in [1.82, 2.24) is 10.3 Å². The van der Waals surface area contributed by atoms with Crippen LogP contribution < -0.4 is 5.32 Å². The zero-order valence-corrected chi connectivity index (χ0v) is 12.6. The molecule has 1 aromatic heterocycles. The van der Waals surface area contributed by atoms with Crippen LogP contribution >= 0.6 is 23.1 Å². The SMILES string of the molecule is CSC1(CNC(C)c2csc(C)n2)CCCC1. The molecule has 4 heteroatoms. The minimum atomic E-state index is 0.379. The molecule has 1 aliphatic carbocycles. The van der Waals surface area contributed by atoms with Gasteiger partial charge in [-0.3, -0.25) is 0 Å². The van der Waals surface area contributed by atoms with Crippen molar-refractivity contribution in [2.45, 2.75) is 50.3 Å². The Labute approximate surface area is 113 Å². The van der Waals surface area contributed by atoms with E-state index in [0.717, 1.165) is 11.6 Å². The number of nitrogens with one attached hydrogen (secondary N) is 1. The molecule has 2 rings (SSSR count). The highest BCUT2D eigenvalue weighted by Gasteiger charge is 2.33. The van der Waals surface area contributed by atoms with Gasteiger partial charge in [-0.05, 0) is 32.9 Å². The summed E-state index contributed by atoms with van der Waals surface area (Å²) in [5.74, 6) is 0. The maximum absolute atomic E-state index is 4.55. The van der Waals surface area contributed by atoms with Crippen molar-refractivity contribution < 1.29 is 0 Å². The molecule has 2 nitrogen and oxygen atoms in total. The molecule has 0 spiro atoms. The molecule has 1 fully saturated rings. The Kier molecular flexibility index (Phi) is 4.50. The van der Waals surface area contributed by atoms with Crippen molar-refractivity contribution >= 4 is 23.1 Å². The van der Waals surface area contributed by atoms with E-state index >= 15 is 0 Å². The molecular weight excluding hydrogens is 248 g/mol. The molecule has 0 aliphatic heterocycles. The van der Waals surface area contributed by atoms with Crippen LogP contribution in [-0.4, -0.2) is 22.5 Å². The fraction of sp³-hybridized carbons (Fsp3) is 0.769. The summed E-state index contributed by atoms with van der Waals surface area (Å²) < 4.78 is 0.485. The standard InChI is InChI=1S/C13H22N2S2/c1-10(12-8-17-11(2)15-12)14-9-13(16-3)6-4-5-7-13/h8,10,14H,4-7,9H2,1-3H3. The number of rotatable bonds is 5. The quantitative estimate of drug-likeness (QED) is 0.881. The van der Waals surface area contributed by atoms with Gasteiger partial charge in [-0.25, -0.2) is 4.98 Å². The van der Waals surface area contributed by atoms with E-state index in [2.05, 4.69) is 35.8 Å². The molecule has 17 heavy (non-hydrogen) atoms. The topological polar surface area (TPSA) is 24.9 Å². The van der Waals surface area contributed by atoms with Gasteiger partial charge in [-0.2, -0.15) is 11.8 Å². The monoisotopic (exact) mass is 270 g/mol. The largest absolute Gasteiger partial charge is 0.307 e. The second-order valence-electron chi connectivity index (χ2n) is 4.99. The van der Waals surface area contributed by atoms with Crippen LogP contribution in [0.25, 0.3) is 0 Å². The Morgan fingerprint density at radius 1 is 1.53 bits per heavy atom. The lowest BCUT2D eigenvalue weighted by Gasteiger charge is -2.28. The third kappa shape index (κ3) is 3.24. The Hall–Kier alpha value is -0.0600. The Morgan fingerprint density at radius 2 is 2.24 bits per heavy atom. The van der Waals surface area contributed by atoms with Crippen LogP contribution in [0.2, 0.25) is 0 Å². The van der Waals surface area contributed by atoms with E-state index in [1.165, 1.54) is 31.4 Å². The van der Waals surface area contributed by atoms with Gasteiger partial charge in [0.15, 0.2) is 0 Å². The molecule has 1 aliphatic rings. The molecule has 1 heterocycles. The predicted molar refractivity (Wildman–Crippen MR) is 78.0 cm³/mol. The van der Waals surface area contributed by atoms with Gasteiger partial charge in [-0.15, -0.1) is 11.3 Å². The number of thioether (sulfide) groups is 1. The van der Waals surface area contributed by atoms with E-state index < -0.39 is 0 Å². The molecule has 1 saturated carbocycles. The summed E-state index contributed by atoms with van der Waals surface area (Å²) in [5.41, 5.74) is 1.20. The summed E-state index contributed by atoms with van der Waals surface area (Å²) in [6, 6.07) is 0.379. The average molecular weight is 270 g/mol. The highest BCUT2D eigenvalue weighted by atomic mass is 32.2. The number of hydrogen-bond donors (Lipinski definition) is 1. The molecule has 0 aromatic carbocycles. The highest BCUT2D eigenvalue weighted by molar-refractivity contribution is 8.00. The van der Waals surface area contributed by atoms with E-state index in [0.29, 0.717) is 10.8 Å². The molecule has 96 valence electrons. The molecule has 0 radical (unpaired) electrons. The number of aryl methyl sites for hydroxylation is 1. The molecule has 1 aromatic rings. The molecule has 1 atom stereocenters. The second kappa shape index (κ2) is 5.72. The van der Waals surface area contributed by atoms with Crippen molar-refractivity contribution in [3.05, 3.63) is 16.1 Å². The smallest absolute Gasteiger partial charge is 0.0898 e. The van der Waals surface area contributed by atoms with E-state index in [1.54, 1.807) is 11.3 Å². The summed E-state index contributed by atoms with van der Waals surface area (Å²) in [6.45, 7) is 5.41. The van der Waals surface area contributed by atoms with Crippen LogP contribution in [0, 0.1) is 6.92 Å². The third-order valence-corrected chi connectivity index (χ3v) is 5.97. The van der Waals surface area contributed by atoms with Crippen molar-refractivity contribution in [3.8, 4) is 0 Å². The zero-order valence-electron chi connectivity index (χ0n) is 11.0. The van der Waals surface area contributed by atoms with Crippen LogP contribution in [0.5, 0.6) is 0 Å². The summed E-state index contributed by atoms with van der Waals surface area (Å²) in [6.07, 6.45) is 7.78. The normalized spacial score (nSPS) is 20.6. The summed E-state index contributed by atoms with van der Waals surface area (Å²) in [7, 11) is 0. The average Bonchev–Trinajstić information content (AvgIpc) is 2.95. The number of thiazole rings is 1. The van der Waals surface area contributed by atoms with Crippen molar-refractivity contribution in [3.63, 3.8) is 0 Å². The van der Waals surface area contributed by atoms with E-state index in [4.69, 9.17) is 0 Å². The van der Waals surface area contributed by atoms with Crippen molar-refractivity contribution in [2.75, 3.05) is 12.8 Å². The third-order valence-electron chi connectivity index (χ3n) is 3.76. The summed E-state index contributed by atoms with van der Waals surface area (Å²) in [4.78, 5) is 4.55. The van der Waals surface area contributed by atoms with Gasteiger partial charge in [0.05, 0.1) is 10.7 Å². The van der Waals surface area contributed by atoms with Gasteiger partial charge in [0.1, 0.15) is 0 Å². The van der Waals surface area contributed by atoms with Gasteiger partial charge in [-0.1, -0.05) is 12.8 Å². The van der Waals surface area contributed by atoms with Gasteiger partial charge in [0, 0.05) is 22.7 Å². The van der Waals surface area contributed by atoms with Crippen LogP contribution in [0.15, 0.2) is 5.38 Å². The first kappa shape index (κ1) is 13.4. The molecule has 0 bridgehead atoms. The fourth-order valence-electron chi connectivity index (χ4n) is 2.50. The molecule has 0 saturated heterocycles. The Bertz CT molecular complexity index is 356. The maximum Gasteiger partial charge on any atom is 0.0898 e. The van der Waals surface area contributed by atoms with E-state index in [9.17, 15) is 0 Å². The van der Waals surface area contributed by atoms with Crippen molar-refractivity contribution in [1.29, 1.82) is 0 Å². The minimum absolute atomic E-state index is 0.379. The molecular formula is C13H22N2S2. The Balaban J connectivity index is 1.89. The predicted octanol–water partition coefficient (Wildman–Crippen LogP) is 3.78. The lowest BCUT2D eigenvalue weighted by atomic mass is 10.1. The Morgan fingerprint density at radius 3 is 2.76 bits per heavy atom. The number of hydrogen-bond acceptors (Lipinski definition) is 4. The first-order chi connectivity index (χ1) is 8.15. The van der Waals surface area contributed by atoms with Crippen LogP contribution in [0.3, 0.4) is 0 Å². The van der Waals surface area contributed by atoms with E-state index in [1.807, 2.05) is 11.8 Å². The van der Waals surface area contributed by atoms with Gasteiger partial charge in [0.2, 0.25) is 0 Å².